The maximum Gasteiger partial charge on any atom is 0.282 e. The highest BCUT2D eigenvalue weighted by Gasteiger charge is 2.19. The number of rotatable bonds is 11. The molecule has 0 N–H and O–H groups in total. The largest absolute Gasteiger partial charge is 0.494 e. The molecule has 5 aromatic rings. The summed E-state index contributed by atoms with van der Waals surface area (Å²) in [6, 6.07) is 20.8. The van der Waals surface area contributed by atoms with Gasteiger partial charge in [-0.3, -0.25) is 4.79 Å². The van der Waals surface area contributed by atoms with Gasteiger partial charge in [0.25, 0.3) is 5.56 Å². The van der Waals surface area contributed by atoms with Gasteiger partial charge in [0.1, 0.15) is 18.2 Å². The molecule has 0 aliphatic carbocycles. The van der Waals surface area contributed by atoms with E-state index in [1.54, 1.807) is 42.6 Å². The van der Waals surface area contributed by atoms with Gasteiger partial charge in [0.15, 0.2) is 17.3 Å². The Morgan fingerprint density at radius 1 is 0.956 bits per heavy atom. The summed E-state index contributed by atoms with van der Waals surface area (Å²) in [5.74, 6) is 1.77. The molecule has 232 valence electrons. The van der Waals surface area contributed by atoms with Gasteiger partial charge in [-0.25, -0.2) is 9.37 Å². The van der Waals surface area contributed by atoms with Crippen LogP contribution in [0.25, 0.3) is 22.3 Å². The van der Waals surface area contributed by atoms with Gasteiger partial charge in [-0.15, -0.1) is 0 Å². The molecule has 1 heterocycles. The van der Waals surface area contributed by atoms with Crippen LogP contribution in [0.2, 0.25) is 5.02 Å². The summed E-state index contributed by atoms with van der Waals surface area (Å²) in [6.07, 6.45) is 1.54. The third-order valence-electron chi connectivity index (χ3n) is 7.20. The van der Waals surface area contributed by atoms with Gasteiger partial charge in [0, 0.05) is 5.56 Å². The molecule has 0 aliphatic heterocycles. The molecule has 9 heteroatoms. The first-order chi connectivity index (χ1) is 21.7. The first kappa shape index (κ1) is 31.7. The molecule has 4 aromatic carbocycles. The monoisotopic (exact) mass is 627 g/mol. The van der Waals surface area contributed by atoms with Crippen molar-refractivity contribution in [1.29, 1.82) is 0 Å². The number of fused-ring (bicyclic) bond motifs is 1. The Labute approximate surface area is 266 Å². The summed E-state index contributed by atoms with van der Waals surface area (Å²) in [5, 5.41) is 5.37. The molecule has 0 unspecified atom stereocenters. The fourth-order valence-corrected chi connectivity index (χ4v) is 5.32. The van der Waals surface area contributed by atoms with Gasteiger partial charge in [0.2, 0.25) is 0 Å². The molecule has 0 fully saturated rings. The molecule has 1 aromatic heterocycles. The lowest BCUT2D eigenvalue weighted by Crippen LogP contribution is -2.21. The second-order valence-corrected chi connectivity index (χ2v) is 11.2. The molecule has 7 nitrogen and oxygen atoms in total. The van der Waals surface area contributed by atoms with Crippen LogP contribution in [0.4, 0.5) is 4.39 Å². The minimum Gasteiger partial charge on any atom is -0.494 e. The molecule has 45 heavy (non-hydrogen) atoms. The predicted molar refractivity (Wildman–Crippen MR) is 178 cm³/mol. The number of ether oxygens (including phenoxy) is 3. The zero-order valence-corrected chi connectivity index (χ0v) is 26.7. The normalized spacial score (nSPS) is 11.5. The van der Waals surface area contributed by atoms with Gasteiger partial charge in [-0.1, -0.05) is 49.7 Å². The molecule has 0 amide bonds. The average Bonchev–Trinajstić information content (AvgIpc) is 3.00. The van der Waals surface area contributed by atoms with Gasteiger partial charge < -0.3 is 14.2 Å². The maximum atomic E-state index is 13.9. The lowest BCUT2D eigenvalue weighted by atomic mass is 9.96. The molecule has 0 aliphatic rings. The Kier molecular flexibility index (Phi) is 9.83. The van der Waals surface area contributed by atoms with E-state index < -0.39 is 0 Å². The van der Waals surface area contributed by atoms with Crippen molar-refractivity contribution in [2.45, 2.75) is 47.1 Å². The Morgan fingerprint density at radius 3 is 2.44 bits per heavy atom. The van der Waals surface area contributed by atoms with Crippen LogP contribution in [0.3, 0.4) is 0 Å². The van der Waals surface area contributed by atoms with E-state index in [2.05, 4.69) is 18.9 Å². The number of hydrogen-bond donors (Lipinski definition) is 0. The van der Waals surface area contributed by atoms with Crippen molar-refractivity contribution < 1.29 is 18.6 Å². The van der Waals surface area contributed by atoms with Crippen molar-refractivity contribution in [3.63, 3.8) is 0 Å². The SMILES string of the molecule is CCOc1cc(C)c(-c2nc3ccccc3c(=O)n2N=Cc2cc(Cl)c(OCc3cccc(F)c3)c(OCC)c2)cc1C(C)C. The number of benzene rings is 4. The third kappa shape index (κ3) is 7.02. The van der Waals surface area contributed by atoms with E-state index in [0.29, 0.717) is 52.6 Å². The summed E-state index contributed by atoms with van der Waals surface area (Å²) in [4.78, 5) is 18.8. The average molecular weight is 628 g/mol. The summed E-state index contributed by atoms with van der Waals surface area (Å²) in [6.45, 7) is 11.0. The van der Waals surface area contributed by atoms with Crippen LogP contribution >= 0.6 is 11.6 Å². The van der Waals surface area contributed by atoms with E-state index >= 15 is 0 Å². The van der Waals surface area contributed by atoms with Gasteiger partial charge in [-0.05, 0) is 97.5 Å². The molecule has 0 radical (unpaired) electrons. The van der Waals surface area contributed by atoms with E-state index in [1.807, 2.05) is 45.0 Å². The van der Waals surface area contributed by atoms with Crippen LogP contribution in [-0.4, -0.2) is 29.1 Å². The highest BCUT2D eigenvalue weighted by Crippen LogP contribution is 2.37. The zero-order chi connectivity index (χ0) is 32.1. The fourth-order valence-electron chi connectivity index (χ4n) is 5.05. The van der Waals surface area contributed by atoms with Gasteiger partial charge in [-0.2, -0.15) is 9.78 Å². The zero-order valence-electron chi connectivity index (χ0n) is 25.9. The third-order valence-corrected chi connectivity index (χ3v) is 7.48. The quantitative estimate of drug-likeness (QED) is 0.137. The number of halogens is 2. The molecule has 0 saturated carbocycles. The first-order valence-corrected chi connectivity index (χ1v) is 15.2. The Balaban J connectivity index is 1.60. The summed E-state index contributed by atoms with van der Waals surface area (Å²) < 4.78 is 32.7. The second-order valence-electron chi connectivity index (χ2n) is 10.8. The van der Waals surface area contributed by atoms with Crippen LogP contribution in [0, 0.1) is 12.7 Å². The van der Waals surface area contributed by atoms with Crippen molar-refractivity contribution in [2.75, 3.05) is 13.2 Å². The van der Waals surface area contributed by atoms with Crippen molar-refractivity contribution in [3.8, 4) is 28.6 Å². The molecule has 0 atom stereocenters. The molecule has 5 rings (SSSR count). The molecule has 0 spiro atoms. The maximum absolute atomic E-state index is 13.9. The molecular weight excluding hydrogens is 593 g/mol. The van der Waals surface area contributed by atoms with E-state index in [0.717, 1.165) is 22.4 Å². The van der Waals surface area contributed by atoms with Crippen LogP contribution in [-0.2, 0) is 6.61 Å². The highest BCUT2D eigenvalue weighted by atomic mass is 35.5. The number of aryl methyl sites for hydroxylation is 1. The Morgan fingerprint density at radius 2 is 1.71 bits per heavy atom. The molecule has 0 bridgehead atoms. The number of aromatic nitrogens is 2. The number of nitrogens with zero attached hydrogens (tertiary/aromatic N) is 3. The number of hydrogen-bond acceptors (Lipinski definition) is 6. The summed E-state index contributed by atoms with van der Waals surface area (Å²) >= 11 is 6.66. The van der Waals surface area contributed by atoms with Crippen molar-refractivity contribution in [3.05, 3.63) is 116 Å². The van der Waals surface area contributed by atoms with E-state index in [4.69, 9.17) is 30.8 Å². The molecular formula is C36H35ClFN3O4. The summed E-state index contributed by atoms with van der Waals surface area (Å²) in [5.41, 5.74) is 4.19. The Hall–Kier alpha value is -4.69. The smallest absolute Gasteiger partial charge is 0.282 e. The van der Waals surface area contributed by atoms with Crippen LogP contribution in [0.1, 0.15) is 55.9 Å². The van der Waals surface area contributed by atoms with Crippen LogP contribution in [0.5, 0.6) is 17.2 Å². The van der Waals surface area contributed by atoms with Gasteiger partial charge in [0.05, 0.1) is 35.4 Å². The summed E-state index contributed by atoms with van der Waals surface area (Å²) in [7, 11) is 0. The lowest BCUT2D eigenvalue weighted by Gasteiger charge is -2.18. The number of para-hydroxylation sites is 1. The van der Waals surface area contributed by atoms with Crippen molar-refractivity contribution in [2.24, 2.45) is 5.10 Å². The fraction of sp³-hybridized carbons (Fsp3) is 0.250. The Bertz CT molecular complexity index is 1940. The minimum absolute atomic E-state index is 0.103. The topological polar surface area (TPSA) is 74.9 Å². The lowest BCUT2D eigenvalue weighted by molar-refractivity contribution is 0.269. The standard InChI is InChI=1S/C36H35ClFN3O4/c1-6-43-32-15-23(5)29(19-28(32)22(3)4)35-40-31-14-9-8-13-27(31)36(42)41(35)39-20-25-17-30(37)34(33(18-25)44-7-2)45-21-24-11-10-12-26(38)16-24/h8-20,22H,6-7,21H2,1-5H3. The van der Waals surface area contributed by atoms with E-state index in [-0.39, 0.29) is 28.9 Å². The van der Waals surface area contributed by atoms with Crippen molar-refractivity contribution >= 4 is 28.7 Å². The minimum atomic E-state index is -0.350. The molecule has 0 saturated heterocycles. The van der Waals surface area contributed by atoms with Gasteiger partial charge >= 0.3 is 0 Å². The van der Waals surface area contributed by atoms with Crippen molar-refractivity contribution in [1.82, 2.24) is 9.66 Å². The van der Waals surface area contributed by atoms with Crippen LogP contribution < -0.4 is 19.8 Å². The predicted octanol–water partition coefficient (Wildman–Crippen LogP) is 8.55. The first-order valence-electron chi connectivity index (χ1n) is 14.9. The van der Waals surface area contributed by atoms with E-state index in [9.17, 15) is 9.18 Å². The highest BCUT2D eigenvalue weighted by molar-refractivity contribution is 6.32. The van der Waals surface area contributed by atoms with E-state index in [1.165, 1.54) is 16.8 Å². The van der Waals surface area contributed by atoms with Crippen LogP contribution in [0.15, 0.2) is 82.7 Å². The second kappa shape index (κ2) is 13.9.